The molecule has 0 unspecified atom stereocenters. The number of imidazole rings is 1. The van der Waals surface area contributed by atoms with Gasteiger partial charge in [-0.1, -0.05) is 6.92 Å². The highest BCUT2D eigenvalue weighted by Crippen LogP contribution is 2.21. The maximum atomic E-state index is 4.57. The molecule has 0 saturated carbocycles. The molecule has 0 spiro atoms. The minimum atomic E-state index is 0.341. The predicted molar refractivity (Wildman–Crippen MR) is 117 cm³/mol. The highest BCUT2D eigenvalue weighted by molar-refractivity contribution is 5.78. The van der Waals surface area contributed by atoms with Gasteiger partial charge in [-0.3, -0.25) is 0 Å². The van der Waals surface area contributed by atoms with Gasteiger partial charge in [0.2, 0.25) is 5.95 Å². The van der Waals surface area contributed by atoms with Crippen LogP contribution in [0.3, 0.4) is 0 Å². The molecule has 154 valence electrons. The number of likely N-dealkylation sites (tertiary alicyclic amines) is 1. The normalized spacial score (nSPS) is 15.9. The molecule has 3 aromatic heterocycles. The van der Waals surface area contributed by atoms with Gasteiger partial charge in [-0.25, -0.2) is 15.0 Å². The standard InChI is InChI=1S/C21H30N8/c1-15(2)29-14-25-17-13-24-20(12-18(17)29)26-19-4-7-22-21(27-19)23-8-11-28-9-5-16(3)6-10-28/h4,7,12-16H,5-6,8-11H2,1-3H3,(H2,22,23,24,26,27). The zero-order chi connectivity index (χ0) is 20.2. The van der Waals surface area contributed by atoms with Crippen LogP contribution in [0.1, 0.15) is 39.7 Å². The first kappa shape index (κ1) is 19.6. The Balaban J connectivity index is 1.37. The topological polar surface area (TPSA) is 83.8 Å². The summed E-state index contributed by atoms with van der Waals surface area (Å²) in [5, 5.41) is 6.62. The van der Waals surface area contributed by atoms with Crippen molar-refractivity contribution in [2.24, 2.45) is 5.92 Å². The van der Waals surface area contributed by atoms with E-state index in [9.17, 15) is 0 Å². The van der Waals surface area contributed by atoms with Crippen molar-refractivity contribution >= 4 is 28.6 Å². The lowest BCUT2D eigenvalue weighted by atomic mass is 9.99. The molecule has 1 aliphatic rings. The molecule has 1 aliphatic heterocycles. The number of nitrogens with one attached hydrogen (secondary N) is 2. The molecule has 0 amide bonds. The Morgan fingerprint density at radius 2 is 1.97 bits per heavy atom. The molecule has 0 bridgehead atoms. The van der Waals surface area contributed by atoms with Crippen molar-refractivity contribution in [3.63, 3.8) is 0 Å². The third-order valence-electron chi connectivity index (χ3n) is 5.52. The molecular formula is C21H30N8. The molecule has 0 atom stereocenters. The fraction of sp³-hybridized carbons (Fsp3) is 0.524. The number of nitrogens with zero attached hydrogens (tertiary/aromatic N) is 6. The van der Waals surface area contributed by atoms with Gasteiger partial charge in [-0.2, -0.15) is 4.98 Å². The lowest BCUT2D eigenvalue weighted by Crippen LogP contribution is -2.36. The van der Waals surface area contributed by atoms with Crippen molar-refractivity contribution in [3.05, 3.63) is 30.9 Å². The maximum absolute atomic E-state index is 4.57. The molecule has 8 nitrogen and oxygen atoms in total. The van der Waals surface area contributed by atoms with Gasteiger partial charge in [-0.05, 0) is 51.8 Å². The largest absolute Gasteiger partial charge is 0.353 e. The van der Waals surface area contributed by atoms with Crippen molar-refractivity contribution in [1.82, 2.24) is 29.4 Å². The highest BCUT2D eigenvalue weighted by Gasteiger charge is 2.15. The average molecular weight is 395 g/mol. The van der Waals surface area contributed by atoms with Crippen molar-refractivity contribution in [2.75, 3.05) is 36.8 Å². The van der Waals surface area contributed by atoms with E-state index in [0.717, 1.165) is 41.7 Å². The van der Waals surface area contributed by atoms with Crippen molar-refractivity contribution in [1.29, 1.82) is 0 Å². The van der Waals surface area contributed by atoms with E-state index >= 15 is 0 Å². The van der Waals surface area contributed by atoms with E-state index in [1.54, 1.807) is 12.4 Å². The highest BCUT2D eigenvalue weighted by atomic mass is 15.2. The van der Waals surface area contributed by atoms with Gasteiger partial charge in [0.15, 0.2) is 0 Å². The Kier molecular flexibility index (Phi) is 5.89. The van der Waals surface area contributed by atoms with Gasteiger partial charge in [0, 0.05) is 31.4 Å². The summed E-state index contributed by atoms with van der Waals surface area (Å²) in [6, 6.07) is 4.20. The minimum absolute atomic E-state index is 0.341. The average Bonchev–Trinajstić information content (AvgIpc) is 3.13. The summed E-state index contributed by atoms with van der Waals surface area (Å²) in [7, 11) is 0. The molecular weight excluding hydrogens is 364 g/mol. The minimum Gasteiger partial charge on any atom is -0.353 e. The summed E-state index contributed by atoms with van der Waals surface area (Å²) in [6.45, 7) is 10.9. The molecule has 0 aliphatic carbocycles. The van der Waals surface area contributed by atoms with E-state index in [-0.39, 0.29) is 0 Å². The van der Waals surface area contributed by atoms with Gasteiger partial charge < -0.3 is 20.1 Å². The molecule has 8 heteroatoms. The Hall–Kier alpha value is -2.74. The second-order valence-corrected chi connectivity index (χ2v) is 8.15. The number of pyridine rings is 1. The summed E-state index contributed by atoms with van der Waals surface area (Å²) in [4.78, 5) is 20.3. The van der Waals surface area contributed by atoms with Crippen LogP contribution in [0.25, 0.3) is 11.0 Å². The number of piperidine rings is 1. The number of rotatable bonds is 7. The van der Waals surface area contributed by atoms with E-state index in [1.165, 1.54) is 25.9 Å². The monoisotopic (exact) mass is 394 g/mol. The third kappa shape index (κ3) is 4.82. The molecule has 2 N–H and O–H groups in total. The number of aromatic nitrogens is 5. The first-order valence-corrected chi connectivity index (χ1v) is 10.5. The Labute approximate surface area is 171 Å². The van der Waals surface area contributed by atoms with Gasteiger partial charge in [0.05, 0.1) is 18.0 Å². The van der Waals surface area contributed by atoms with Crippen LogP contribution in [-0.4, -0.2) is 55.6 Å². The van der Waals surface area contributed by atoms with Crippen LogP contribution in [0.5, 0.6) is 0 Å². The van der Waals surface area contributed by atoms with Gasteiger partial charge in [0.1, 0.15) is 17.2 Å². The maximum Gasteiger partial charge on any atom is 0.224 e. The lowest BCUT2D eigenvalue weighted by molar-refractivity contribution is 0.199. The number of hydrogen-bond donors (Lipinski definition) is 2. The number of anilines is 3. The SMILES string of the molecule is CC1CCN(CCNc2nccc(Nc3cc4c(cn3)ncn4C(C)C)n2)CC1. The first-order chi connectivity index (χ1) is 14.1. The zero-order valence-electron chi connectivity index (χ0n) is 17.5. The molecule has 4 rings (SSSR count). The van der Waals surface area contributed by atoms with Crippen LogP contribution < -0.4 is 10.6 Å². The van der Waals surface area contributed by atoms with Gasteiger partial charge >= 0.3 is 0 Å². The third-order valence-corrected chi connectivity index (χ3v) is 5.52. The van der Waals surface area contributed by atoms with Gasteiger partial charge in [0.25, 0.3) is 0 Å². The molecule has 1 fully saturated rings. The predicted octanol–water partition coefficient (Wildman–Crippen LogP) is 3.69. The molecule has 4 heterocycles. The van der Waals surface area contributed by atoms with E-state index < -0.39 is 0 Å². The van der Waals surface area contributed by atoms with E-state index in [4.69, 9.17) is 0 Å². The second-order valence-electron chi connectivity index (χ2n) is 8.15. The quantitative estimate of drug-likeness (QED) is 0.632. The summed E-state index contributed by atoms with van der Waals surface area (Å²) >= 11 is 0. The first-order valence-electron chi connectivity index (χ1n) is 10.5. The Morgan fingerprint density at radius 3 is 2.76 bits per heavy atom. The van der Waals surface area contributed by atoms with Gasteiger partial charge in [-0.15, -0.1) is 0 Å². The fourth-order valence-corrected chi connectivity index (χ4v) is 3.67. The number of hydrogen-bond acceptors (Lipinski definition) is 7. The number of fused-ring (bicyclic) bond motifs is 1. The molecule has 3 aromatic rings. The van der Waals surface area contributed by atoms with Crippen LogP contribution in [0.4, 0.5) is 17.6 Å². The van der Waals surface area contributed by atoms with Crippen molar-refractivity contribution in [3.8, 4) is 0 Å². The van der Waals surface area contributed by atoms with E-state index in [0.29, 0.717) is 12.0 Å². The molecule has 29 heavy (non-hydrogen) atoms. The van der Waals surface area contributed by atoms with Crippen LogP contribution in [-0.2, 0) is 0 Å². The van der Waals surface area contributed by atoms with Crippen molar-refractivity contribution in [2.45, 2.75) is 39.7 Å². The van der Waals surface area contributed by atoms with Crippen molar-refractivity contribution < 1.29 is 0 Å². The summed E-state index contributed by atoms with van der Waals surface area (Å²) in [6.07, 6.45) is 8.00. The smallest absolute Gasteiger partial charge is 0.224 e. The Morgan fingerprint density at radius 1 is 1.14 bits per heavy atom. The lowest BCUT2D eigenvalue weighted by Gasteiger charge is -2.30. The molecule has 0 radical (unpaired) electrons. The van der Waals surface area contributed by atoms with Crippen LogP contribution in [0.2, 0.25) is 0 Å². The van der Waals surface area contributed by atoms with Crippen LogP contribution in [0.15, 0.2) is 30.9 Å². The van der Waals surface area contributed by atoms with E-state index in [2.05, 4.69) is 60.8 Å². The zero-order valence-corrected chi connectivity index (χ0v) is 17.5. The summed E-state index contributed by atoms with van der Waals surface area (Å²) in [5.74, 6) is 2.95. The molecule has 0 aromatic carbocycles. The Bertz CT molecular complexity index is 943. The van der Waals surface area contributed by atoms with Crippen LogP contribution in [0, 0.1) is 5.92 Å². The fourth-order valence-electron chi connectivity index (χ4n) is 3.67. The molecule has 1 saturated heterocycles. The van der Waals surface area contributed by atoms with E-state index in [1.807, 2.05) is 18.5 Å². The van der Waals surface area contributed by atoms with Crippen LogP contribution >= 0.6 is 0 Å². The summed E-state index contributed by atoms with van der Waals surface area (Å²) < 4.78 is 2.14. The summed E-state index contributed by atoms with van der Waals surface area (Å²) in [5.41, 5.74) is 1.95. The second kappa shape index (κ2) is 8.73.